The van der Waals surface area contributed by atoms with E-state index in [4.69, 9.17) is 0 Å². The van der Waals surface area contributed by atoms with Crippen LogP contribution < -0.4 is 0 Å². The lowest BCUT2D eigenvalue weighted by molar-refractivity contribution is 0.413. The maximum atomic E-state index is 12.9. The van der Waals surface area contributed by atoms with Gasteiger partial charge in [0.15, 0.2) is 0 Å². The lowest BCUT2D eigenvalue weighted by atomic mass is 10.1. The van der Waals surface area contributed by atoms with Crippen molar-refractivity contribution in [3.63, 3.8) is 0 Å². The highest BCUT2D eigenvalue weighted by Crippen LogP contribution is 2.14. The van der Waals surface area contributed by atoms with Gasteiger partial charge in [0.2, 0.25) is 0 Å². The Labute approximate surface area is 113 Å². The first-order chi connectivity index (χ1) is 9.10. The number of hydrogen-bond acceptors (Lipinski definition) is 2. The van der Waals surface area contributed by atoms with Crippen molar-refractivity contribution in [3.8, 4) is 5.69 Å². The van der Waals surface area contributed by atoms with E-state index in [2.05, 4.69) is 16.9 Å². The maximum absolute atomic E-state index is 12.9. The smallest absolute Gasteiger partial charge is 0.123 e. The zero-order valence-electron chi connectivity index (χ0n) is 11.4. The highest BCUT2D eigenvalue weighted by atomic mass is 19.1. The topological polar surface area (TPSA) is 21.1 Å². The predicted octanol–water partition coefficient (Wildman–Crippen LogP) is 2.49. The van der Waals surface area contributed by atoms with Crippen molar-refractivity contribution in [2.45, 2.75) is 12.8 Å². The Balaban J connectivity index is 2.25. The van der Waals surface area contributed by atoms with Crippen LogP contribution in [0.3, 0.4) is 0 Å². The van der Waals surface area contributed by atoms with Crippen molar-refractivity contribution < 1.29 is 4.39 Å². The summed E-state index contributed by atoms with van der Waals surface area (Å²) in [4.78, 5) is 2.14. The van der Waals surface area contributed by atoms with E-state index >= 15 is 0 Å². The van der Waals surface area contributed by atoms with Crippen molar-refractivity contribution in [1.29, 1.82) is 0 Å². The van der Waals surface area contributed by atoms with E-state index in [1.54, 1.807) is 16.8 Å². The molecule has 1 aromatic heterocycles. The first-order valence-corrected chi connectivity index (χ1v) is 6.37. The van der Waals surface area contributed by atoms with Gasteiger partial charge in [0, 0.05) is 12.7 Å². The van der Waals surface area contributed by atoms with Crippen molar-refractivity contribution in [3.05, 3.63) is 54.5 Å². The van der Waals surface area contributed by atoms with Gasteiger partial charge in [-0.2, -0.15) is 5.10 Å². The molecule has 2 aromatic rings. The summed E-state index contributed by atoms with van der Waals surface area (Å²) >= 11 is 0. The molecule has 19 heavy (non-hydrogen) atoms. The molecule has 0 saturated heterocycles. The van der Waals surface area contributed by atoms with E-state index in [1.807, 2.05) is 20.3 Å². The van der Waals surface area contributed by atoms with Crippen molar-refractivity contribution >= 4 is 0 Å². The van der Waals surface area contributed by atoms with E-state index in [9.17, 15) is 4.39 Å². The SMILES string of the molecule is [CH2]Cc1nn(-c2ccc(F)cc2)cc1CCN(C)C. The summed E-state index contributed by atoms with van der Waals surface area (Å²) in [5.41, 5.74) is 3.08. The number of aromatic nitrogens is 2. The van der Waals surface area contributed by atoms with Gasteiger partial charge in [-0.15, -0.1) is 0 Å². The van der Waals surface area contributed by atoms with Crippen LogP contribution in [-0.4, -0.2) is 35.3 Å². The third-order valence-electron chi connectivity index (χ3n) is 3.03. The highest BCUT2D eigenvalue weighted by Gasteiger charge is 2.09. The van der Waals surface area contributed by atoms with Gasteiger partial charge in [-0.05, 0) is 63.7 Å². The first-order valence-electron chi connectivity index (χ1n) is 6.37. The Hall–Kier alpha value is -1.68. The van der Waals surface area contributed by atoms with Crippen LogP contribution in [0.1, 0.15) is 11.3 Å². The first kappa shape index (κ1) is 13.7. The van der Waals surface area contributed by atoms with Gasteiger partial charge in [0.1, 0.15) is 5.82 Å². The molecule has 0 aliphatic heterocycles. The molecular weight excluding hydrogens is 241 g/mol. The number of halogens is 1. The Morgan fingerprint density at radius 1 is 1.26 bits per heavy atom. The fraction of sp³-hybridized carbons (Fsp3) is 0.333. The fourth-order valence-corrected chi connectivity index (χ4v) is 1.93. The van der Waals surface area contributed by atoms with E-state index in [0.29, 0.717) is 6.42 Å². The van der Waals surface area contributed by atoms with Gasteiger partial charge in [-0.1, -0.05) is 0 Å². The normalized spacial score (nSPS) is 11.2. The van der Waals surface area contributed by atoms with Crippen molar-refractivity contribution in [2.75, 3.05) is 20.6 Å². The van der Waals surface area contributed by atoms with Gasteiger partial charge < -0.3 is 4.90 Å². The molecule has 0 spiro atoms. The highest BCUT2D eigenvalue weighted by molar-refractivity contribution is 5.33. The molecule has 0 aliphatic rings. The van der Waals surface area contributed by atoms with Gasteiger partial charge >= 0.3 is 0 Å². The molecule has 0 fully saturated rings. The zero-order chi connectivity index (χ0) is 13.8. The number of hydrogen-bond donors (Lipinski definition) is 0. The molecule has 2 rings (SSSR count). The van der Waals surface area contributed by atoms with Crippen molar-refractivity contribution in [2.24, 2.45) is 0 Å². The molecule has 0 bridgehead atoms. The molecule has 4 heteroatoms. The molecule has 0 unspecified atom stereocenters. The number of benzene rings is 1. The lowest BCUT2D eigenvalue weighted by Gasteiger charge is -2.08. The average Bonchev–Trinajstić information content (AvgIpc) is 2.80. The molecule has 0 aliphatic carbocycles. The van der Waals surface area contributed by atoms with Crippen LogP contribution in [0.25, 0.3) is 5.69 Å². The van der Waals surface area contributed by atoms with Crippen LogP contribution in [0.2, 0.25) is 0 Å². The third-order valence-corrected chi connectivity index (χ3v) is 3.03. The number of likely N-dealkylation sites (N-methyl/N-ethyl adjacent to an activating group) is 1. The number of nitrogens with zero attached hydrogens (tertiary/aromatic N) is 3. The second-order valence-corrected chi connectivity index (χ2v) is 4.83. The molecule has 0 amide bonds. The summed E-state index contributed by atoms with van der Waals surface area (Å²) in [7, 11) is 4.10. The minimum absolute atomic E-state index is 0.235. The summed E-state index contributed by atoms with van der Waals surface area (Å²) in [5, 5.41) is 4.52. The van der Waals surface area contributed by atoms with E-state index in [-0.39, 0.29) is 5.82 Å². The van der Waals surface area contributed by atoms with Crippen molar-refractivity contribution in [1.82, 2.24) is 14.7 Å². The standard InChI is InChI=1S/C15H19FN3/c1-4-15-12(9-10-18(2)3)11-19(17-15)14-7-5-13(16)6-8-14/h5-8,11H,1,4,9-10H2,2-3H3. The average molecular weight is 260 g/mol. The Morgan fingerprint density at radius 3 is 2.53 bits per heavy atom. The molecule has 1 aromatic carbocycles. The van der Waals surface area contributed by atoms with Gasteiger partial charge in [-0.25, -0.2) is 9.07 Å². The quantitative estimate of drug-likeness (QED) is 0.823. The molecule has 1 radical (unpaired) electrons. The maximum Gasteiger partial charge on any atom is 0.123 e. The van der Waals surface area contributed by atoms with E-state index in [0.717, 1.165) is 24.3 Å². The van der Waals surface area contributed by atoms with Crippen LogP contribution in [-0.2, 0) is 12.8 Å². The van der Waals surface area contributed by atoms with Gasteiger partial charge in [-0.3, -0.25) is 0 Å². The predicted molar refractivity (Wildman–Crippen MR) is 74.8 cm³/mol. The summed E-state index contributed by atoms with van der Waals surface area (Å²) in [6.45, 7) is 4.89. The fourth-order valence-electron chi connectivity index (χ4n) is 1.93. The Bertz CT molecular complexity index is 529. The molecule has 0 atom stereocenters. The second kappa shape index (κ2) is 5.97. The summed E-state index contributed by atoms with van der Waals surface area (Å²) in [5.74, 6) is -0.235. The summed E-state index contributed by atoms with van der Waals surface area (Å²) < 4.78 is 14.7. The lowest BCUT2D eigenvalue weighted by Crippen LogP contribution is -2.15. The van der Waals surface area contributed by atoms with Crippen LogP contribution in [0, 0.1) is 12.7 Å². The minimum Gasteiger partial charge on any atom is -0.309 e. The molecule has 0 N–H and O–H groups in total. The Morgan fingerprint density at radius 2 is 1.95 bits per heavy atom. The summed E-state index contributed by atoms with van der Waals surface area (Å²) in [6.07, 6.45) is 3.62. The molecule has 0 saturated carbocycles. The monoisotopic (exact) mass is 260 g/mol. The van der Waals surface area contributed by atoms with Crippen LogP contribution >= 0.6 is 0 Å². The summed E-state index contributed by atoms with van der Waals surface area (Å²) in [6, 6.07) is 6.34. The van der Waals surface area contributed by atoms with Crippen LogP contribution in [0.15, 0.2) is 30.5 Å². The van der Waals surface area contributed by atoms with E-state index < -0.39 is 0 Å². The van der Waals surface area contributed by atoms with Crippen LogP contribution in [0.5, 0.6) is 0 Å². The van der Waals surface area contributed by atoms with Gasteiger partial charge in [0.25, 0.3) is 0 Å². The number of rotatable bonds is 5. The second-order valence-electron chi connectivity index (χ2n) is 4.83. The molecule has 3 nitrogen and oxygen atoms in total. The van der Waals surface area contributed by atoms with Crippen LogP contribution in [0.4, 0.5) is 4.39 Å². The van der Waals surface area contributed by atoms with E-state index in [1.165, 1.54) is 17.7 Å². The zero-order valence-corrected chi connectivity index (χ0v) is 11.4. The minimum atomic E-state index is -0.235. The molecule has 1 heterocycles. The molecular formula is C15H19FN3. The Kier molecular flexibility index (Phi) is 4.32. The largest absolute Gasteiger partial charge is 0.309 e. The molecule has 101 valence electrons. The van der Waals surface area contributed by atoms with Gasteiger partial charge in [0.05, 0.1) is 11.4 Å². The third kappa shape index (κ3) is 3.41.